The van der Waals surface area contributed by atoms with Crippen molar-refractivity contribution in [2.45, 2.75) is 29.6 Å². The average molecular weight is 418 g/mol. The number of amides is 1. The van der Waals surface area contributed by atoms with Gasteiger partial charge in [0.1, 0.15) is 0 Å². The van der Waals surface area contributed by atoms with E-state index in [0.29, 0.717) is 0 Å². The van der Waals surface area contributed by atoms with Crippen LogP contribution in [-0.4, -0.2) is 94.1 Å². The number of carbonyl (C=O) groups is 2. The second-order valence-electron chi connectivity index (χ2n) is 7.69. The maximum atomic E-state index is 12.7. The van der Waals surface area contributed by atoms with Gasteiger partial charge in [-0.2, -0.15) is 0 Å². The van der Waals surface area contributed by atoms with Crippen LogP contribution in [0.4, 0.5) is 0 Å². The highest BCUT2D eigenvalue weighted by atomic mass is 16.6. The summed E-state index contributed by atoms with van der Waals surface area (Å²) in [5, 5.41) is 25.2. The van der Waals surface area contributed by atoms with Gasteiger partial charge >= 0.3 is 11.9 Å². The molecule has 30 heavy (non-hydrogen) atoms. The van der Waals surface area contributed by atoms with Crippen LogP contribution in [-0.2, 0) is 9.53 Å². The number of benzene rings is 1. The van der Waals surface area contributed by atoms with Crippen molar-refractivity contribution in [3.63, 3.8) is 0 Å². The maximum Gasteiger partial charge on any atom is 0.343 e. The smallest absolute Gasteiger partial charge is 0.343 e. The number of nitrogens with zero attached hydrogens (tertiary/aromatic N) is 3. The van der Waals surface area contributed by atoms with E-state index in [1.807, 2.05) is 0 Å². The molecule has 8 N–H and O–H groups in total. The highest BCUT2D eigenvalue weighted by Gasteiger charge is 2.78. The standard InChI is InChI=1S/C18H23N7O5/c1-24(2)13(26)11-12-17(23-15(19)22-12)18(28,29)10(8-25(17)16(20)21-11)30-14(27)9-6-4-3-5-7-9/h3-7,10-12,28-29H,8H2,1-2H3,(H2,20,21)(H3,19,22,23)/p+1/t10-,11+,12-,17-/m0/s1. The lowest BCUT2D eigenvalue weighted by Crippen LogP contribution is -2.90. The molecule has 4 atom stereocenters. The summed E-state index contributed by atoms with van der Waals surface area (Å²) in [6, 6.07) is 6.07. The van der Waals surface area contributed by atoms with Crippen LogP contribution in [0.5, 0.6) is 0 Å². The molecule has 160 valence electrons. The van der Waals surface area contributed by atoms with E-state index >= 15 is 0 Å². The third-order valence-corrected chi connectivity index (χ3v) is 5.69. The van der Waals surface area contributed by atoms with Gasteiger partial charge in [0.05, 0.1) is 12.1 Å². The van der Waals surface area contributed by atoms with Crippen molar-refractivity contribution in [2.24, 2.45) is 16.5 Å². The number of nitrogens with two attached hydrogens (primary N) is 2. The fourth-order valence-corrected chi connectivity index (χ4v) is 4.25. The Morgan fingerprint density at radius 2 is 1.97 bits per heavy atom. The van der Waals surface area contributed by atoms with E-state index < -0.39 is 41.5 Å². The van der Waals surface area contributed by atoms with Gasteiger partial charge in [-0.1, -0.05) is 18.2 Å². The maximum absolute atomic E-state index is 12.7. The monoisotopic (exact) mass is 418 g/mol. The molecule has 4 rings (SSSR count). The van der Waals surface area contributed by atoms with Crippen LogP contribution in [0.3, 0.4) is 0 Å². The molecule has 3 heterocycles. The Bertz CT molecular complexity index is 948. The van der Waals surface area contributed by atoms with E-state index in [0.717, 1.165) is 0 Å². The molecule has 1 spiro atoms. The third kappa shape index (κ3) is 2.60. The number of hydrogen-bond donors (Lipinski definition) is 6. The SMILES string of the molecule is CN(C)C(=O)[C@@H]1N=C(N)N2C[C@H](OC(=O)c3ccccc3)C(O)(O)[C@@]23NC(N)=[NH+][C@@H]13. The first-order chi connectivity index (χ1) is 14.1. The summed E-state index contributed by atoms with van der Waals surface area (Å²) in [4.78, 5) is 35.0. The van der Waals surface area contributed by atoms with Gasteiger partial charge in [-0.3, -0.25) is 20.4 Å². The molecule has 1 aromatic carbocycles. The number of esters is 1. The predicted octanol–water partition coefficient (Wildman–Crippen LogP) is -4.94. The van der Waals surface area contributed by atoms with Gasteiger partial charge in [0, 0.05) is 14.1 Å². The molecule has 1 aromatic rings. The number of nitrogens with one attached hydrogen (secondary N) is 2. The summed E-state index contributed by atoms with van der Waals surface area (Å²) in [5.41, 5.74) is 10.5. The first-order valence-corrected chi connectivity index (χ1v) is 9.29. The molecule has 0 aliphatic carbocycles. The second kappa shape index (κ2) is 6.57. The van der Waals surface area contributed by atoms with Gasteiger partial charge in [0.15, 0.2) is 24.1 Å². The zero-order chi connectivity index (χ0) is 21.8. The summed E-state index contributed by atoms with van der Waals surface area (Å²) in [6.45, 7) is -0.178. The number of carbonyl (C=O) groups excluding carboxylic acids is 2. The molecule has 0 bridgehead atoms. The van der Waals surface area contributed by atoms with Crippen LogP contribution in [0, 0.1) is 0 Å². The van der Waals surface area contributed by atoms with Gasteiger partial charge in [-0.25, -0.2) is 15.1 Å². The van der Waals surface area contributed by atoms with E-state index in [9.17, 15) is 19.8 Å². The quantitative estimate of drug-likeness (QED) is 0.207. The lowest BCUT2D eigenvalue weighted by atomic mass is 9.85. The minimum absolute atomic E-state index is 0.00830. The molecule has 0 radical (unpaired) electrons. The number of ether oxygens (including phenoxy) is 1. The summed E-state index contributed by atoms with van der Waals surface area (Å²) >= 11 is 0. The number of aliphatic hydroxyl groups is 2. The fraction of sp³-hybridized carbons (Fsp3) is 0.444. The number of rotatable bonds is 3. The van der Waals surface area contributed by atoms with Crippen LogP contribution >= 0.6 is 0 Å². The highest BCUT2D eigenvalue weighted by molar-refractivity contribution is 5.92. The Labute approximate surface area is 171 Å². The Hall–Kier alpha value is -3.38. The Morgan fingerprint density at radius 3 is 2.60 bits per heavy atom. The summed E-state index contributed by atoms with van der Waals surface area (Å²) in [5.74, 6) is -3.91. The molecule has 0 unspecified atom stereocenters. The van der Waals surface area contributed by atoms with Crippen molar-refractivity contribution in [1.82, 2.24) is 15.1 Å². The van der Waals surface area contributed by atoms with Crippen molar-refractivity contribution in [1.29, 1.82) is 0 Å². The van der Waals surface area contributed by atoms with Crippen molar-refractivity contribution >= 4 is 23.8 Å². The molecule has 12 heteroatoms. The molecule has 1 amide bonds. The van der Waals surface area contributed by atoms with Gasteiger partial charge in [-0.05, 0) is 12.1 Å². The van der Waals surface area contributed by atoms with E-state index in [1.165, 1.54) is 9.80 Å². The highest BCUT2D eigenvalue weighted by Crippen LogP contribution is 2.42. The molecular formula is C18H24N7O5+. The molecule has 1 fully saturated rings. The lowest BCUT2D eigenvalue weighted by Gasteiger charge is -2.45. The number of likely N-dealkylation sites (N-methyl/N-ethyl adjacent to an activating group) is 1. The first-order valence-electron chi connectivity index (χ1n) is 9.29. The van der Waals surface area contributed by atoms with Crippen LogP contribution in [0.2, 0.25) is 0 Å². The normalized spacial score (nSPS) is 31.1. The van der Waals surface area contributed by atoms with Crippen LogP contribution < -0.4 is 21.8 Å². The average Bonchev–Trinajstić information content (AvgIpc) is 3.16. The number of guanidine groups is 2. The van der Waals surface area contributed by atoms with Crippen LogP contribution in [0.1, 0.15) is 10.4 Å². The summed E-state index contributed by atoms with van der Waals surface area (Å²) < 4.78 is 5.43. The molecule has 1 saturated heterocycles. The number of hydrogen-bond acceptors (Lipinski definition) is 10. The Morgan fingerprint density at radius 1 is 1.30 bits per heavy atom. The third-order valence-electron chi connectivity index (χ3n) is 5.69. The zero-order valence-corrected chi connectivity index (χ0v) is 16.4. The fourth-order valence-electron chi connectivity index (χ4n) is 4.25. The summed E-state index contributed by atoms with van der Waals surface area (Å²) in [6.07, 6.45) is -1.41. The minimum atomic E-state index is -2.67. The zero-order valence-electron chi connectivity index (χ0n) is 16.4. The van der Waals surface area contributed by atoms with Gasteiger partial charge in [-0.15, -0.1) is 0 Å². The van der Waals surface area contributed by atoms with E-state index in [4.69, 9.17) is 16.2 Å². The molecule has 0 aromatic heterocycles. The van der Waals surface area contributed by atoms with E-state index in [-0.39, 0.29) is 24.0 Å². The predicted molar refractivity (Wildman–Crippen MR) is 103 cm³/mol. The van der Waals surface area contributed by atoms with E-state index in [2.05, 4.69) is 15.3 Å². The van der Waals surface area contributed by atoms with Crippen LogP contribution in [0.15, 0.2) is 35.3 Å². The molecule has 3 aliphatic rings. The summed E-state index contributed by atoms with van der Waals surface area (Å²) in [7, 11) is 3.10. The van der Waals surface area contributed by atoms with Crippen molar-refractivity contribution in [3.8, 4) is 0 Å². The first kappa shape index (κ1) is 19.9. The molecule has 3 aliphatic heterocycles. The van der Waals surface area contributed by atoms with Crippen molar-refractivity contribution in [2.75, 3.05) is 20.6 Å². The second-order valence-corrected chi connectivity index (χ2v) is 7.69. The Kier molecular flexibility index (Phi) is 4.36. The van der Waals surface area contributed by atoms with Crippen molar-refractivity contribution in [3.05, 3.63) is 35.9 Å². The van der Waals surface area contributed by atoms with Crippen LogP contribution in [0.25, 0.3) is 0 Å². The largest absolute Gasteiger partial charge is 0.451 e. The lowest BCUT2D eigenvalue weighted by molar-refractivity contribution is -0.520. The minimum Gasteiger partial charge on any atom is -0.451 e. The van der Waals surface area contributed by atoms with Gasteiger partial charge in [0.25, 0.3) is 17.4 Å². The molecule has 0 saturated carbocycles. The topological polar surface area (TPSA) is 181 Å². The Balaban J connectivity index is 1.72. The molecular weight excluding hydrogens is 394 g/mol. The van der Waals surface area contributed by atoms with E-state index in [1.54, 1.807) is 44.4 Å². The van der Waals surface area contributed by atoms with Gasteiger partial charge in [0.2, 0.25) is 0 Å². The van der Waals surface area contributed by atoms with Crippen molar-refractivity contribution < 1.29 is 29.5 Å². The van der Waals surface area contributed by atoms with Gasteiger partial charge < -0.3 is 25.6 Å². The number of aliphatic imine (C=N–C) groups is 1. The molecule has 12 nitrogen and oxygen atoms in total.